The van der Waals surface area contributed by atoms with Crippen LogP contribution in [0.2, 0.25) is 5.02 Å². The summed E-state index contributed by atoms with van der Waals surface area (Å²) in [4.78, 5) is 30.5. The molecule has 0 fully saturated rings. The summed E-state index contributed by atoms with van der Waals surface area (Å²) in [5.41, 5.74) is -3.01. The molecule has 0 saturated carbocycles. The number of carbonyl (C=O) groups excluding carboxylic acids is 2. The van der Waals surface area contributed by atoms with Crippen molar-refractivity contribution in [3.05, 3.63) is 69.6 Å². The second-order valence-electron chi connectivity index (χ2n) is 9.18. The van der Waals surface area contributed by atoms with Gasteiger partial charge in [-0.3, -0.25) is 18.9 Å². The molecule has 4 N–H and O–H groups in total. The largest absolute Gasteiger partial charge is 0.435 e. The Labute approximate surface area is 227 Å². The van der Waals surface area contributed by atoms with Gasteiger partial charge >= 0.3 is 6.18 Å². The molecule has 0 radical (unpaired) electrons. The Kier molecular flexibility index (Phi) is 8.11. The van der Waals surface area contributed by atoms with E-state index in [1.54, 1.807) is 0 Å². The van der Waals surface area contributed by atoms with Crippen molar-refractivity contribution in [3.8, 4) is 11.9 Å². The Morgan fingerprint density at radius 1 is 1.23 bits per heavy atom. The van der Waals surface area contributed by atoms with Gasteiger partial charge in [-0.2, -0.15) is 23.5 Å². The van der Waals surface area contributed by atoms with Crippen LogP contribution in [-0.2, 0) is 15.9 Å². The van der Waals surface area contributed by atoms with E-state index in [-0.39, 0.29) is 33.2 Å². The van der Waals surface area contributed by atoms with Crippen LogP contribution in [0.4, 0.5) is 18.9 Å². The number of halogens is 4. The minimum Gasteiger partial charge on any atom is -0.343 e. The van der Waals surface area contributed by atoms with Crippen molar-refractivity contribution in [2.45, 2.75) is 32.5 Å². The maximum atomic E-state index is 13.5. The molecule has 0 aliphatic heterocycles. The van der Waals surface area contributed by atoms with Crippen molar-refractivity contribution in [2.75, 3.05) is 11.6 Å². The number of benzene rings is 1. The Morgan fingerprint density at radius 2 is 1.90 bits per heavy atom. The highest BCUT2D eigenvalue weighted by Gasteiger charge is 2.37. The molecule has 15 heteroatoms. The van der Waals surface area contributed by atoms with Crippen LogP contribution < -0.4 is 15.8 Å². The molecule has 39 heavy (non-hydrogen) atoms. The number of anilines is 1. The highest BCUT2D eigenvalue weighted by molar-refractivity contribution is 7.98. The van der Waals surface area contributed by atoms with E-state index in [4.69, 9.17) is 16.7 Å². The third-order valence-corrected chi connectivity index (χ3v) is 6.44. The lowest BCUT2D eigenvalue weighted by atomic mass is 10.0. The van der Waals surface area contributed by atoms with Gasteiger partial charge in [0.2, 0.25) is 0 Å². The Morgan fingerprint density at radius 3 is 2.46 bits per heavy atom. The van der Waals surface area contributed by atoms with Crippen molar-refractivity contribution >= 4 is 44.2 Å². The number of aryl methyl sites for hydroxylation is 1. The van der Waals surface area contributed by atoms with E-state index >= 15 is 0 Å². The number of carbonyl (C=O) groups is 2. The topological polar surface area (TPSA) is 156 Å². The number of hydrogen-bond acceptors (Lipinski definition) is 6. The fraction of sp³-hybridized carbons (Fsp3) is 0.250. The molecule has 206 valence electrons. The molecule has 10 nitrogen and oxygen atoms in total. The first-order valence-corrected chi connectivity index (χ1v) is 13.5. The van der Waals surface area contributed by atoms with Crippen molar-refractivity contribution in [1.82, 2.24) is 20.1 Å². The van der Waals surface area contributed by atoms with Gasteiger partial charge in [-0.05, 0) is 50.6 Å². The molecule has 1 aromatic carbocycles. The van der Waals surface area contributed by atoms with Crippen LogP contribution in [0.3, 0.4) is 0 Å². The highest BCUT2D eigenvalue weighted by Crippen LogP contribution is 2.31. The summed E-state index contributed by atoms with van der Waals surface area (Å²) in [6.45, 7) is 4.57. The predicted molar refractivity (Wildman–Crippen MR) is 141 cm³/mol. The second kappa shape index (κ2) is 10.7. The molecular weight excluding hydrogens is 559 g/mol. The van der Waals surface area contributed by atoms with Gasteiger partial charge in [0.25, 0.3) is 11.8 Å². The van der Waals surface area contributed by atoms with Crippen molar-refractivity contribution in [3.63, 3.8) is 0 Å². The summed E-state index contributed by atoms with van der Waals surface area (Å²) >= 11 is 6.10. The Balaban J connectivity index is 2.12. The monoisotopic (exact) mass is 581 g/mol. The molecule has 0 aliphatic carbocycles. The van der Waals surface area contributed by atoms with E-state index in [1.807, 2.05) is 6.07 Å². The molecule has 3 aromatic rings. The molecular formula is C24H23ClF3N7O3S. The van der Waals surface area contributed by atoms with E-state index in [0.717, 1.165) is 0 Å². The molecule has 0 saturated heterocycles. The van der Waals surface area contributed by atoms with Crippen LogP contribution >= 0.6 is 11.6 Å². The van der Waals surface area contributed by atoms with Crippen molar-refractivity contribution < 1.29 is 27.0 Å². The van der Waals surface area contributed by atoms with E-state index in [9.17, 15) is 32.2 Å². The third kappa shape index (κ3) is 7.14. The number of pyridine rings is 1. The van der Waals surface area contributed by atoms with Crippen LogP contribution in [0.25, 0.3) is 5.82 Å². The number of aromatic nitrogens is 3. The summed E-state index contributed by atoms with van der Waals surface area (Å²) in [6, 6.07) is 7.83. The standard InChI is InChI=1S/C24H23ClF3N7O3S/c1-13-8-14(11-29)9-15(21(36)33-23(2,3)12-39(4,30)38)19(13)32-22(37)17-10-18(24(26,27)28)34-35(17)20-16(25)6-5-7-31-20/h5-10,12H,1-4H3,(H2,30,38)(H,32,37)(H,33,36). The van der Waals surface area contributed by atoms with Gasteiger partial charge in [0.1, 0.15) is 5.69 Å². The smallest absolute Gasteiger partial charge is 0.343 e. The summed E-state index contributed by atoms with van der Waals surface area (Å²) in [7, 11) is -2.87. The first-order valence-electron chi connectivity index (χ1n) is 11.0. The lowest BCUT2D eigenvalue weighted by molar-refractivity contribution is -0.141. The maximum Gasteiger partial charge on any atom is 0.435 e. The first kappa shape index (κ1) is 29.6. The number of nitrogens with two attached hydrogens (primary N) is 1. The van der Waals surface area contributed by atoms with E-state index in [0.29, 0.717) is 10.7 Å². The summed E-state index contributed by atoms with van der Waals surface area (Å²) in [5, 5.41) is 24.7. The SMILES string of the molecule is Cc1cc(C#N)cc(C(=O)NC(C)(C)C=S(C)(N)=O)c1NC(=O)c1cc(C(F)(F)F)nn1-c1ncccc1Cl. The summed E-state index contributed by atoms with van der Waals surface area (Å²) in [5.74, 6) is -2.06. The van der Waals surface area contributed by atoms with Gasteiger partial charge < -0.3 is 10.6 Å². The average Bonchev–Trinajstić information content (AvgIpc) is 3.24. The molecule has 0 bridgehead atoms. The summed E-state index contributed by atoms with van der Waals surface area (Å²) < 4.78 is 53.2. The zero-order valence-corrected chi connectivity index (χ0v) is 22.6. The number of amides is 2. The summed E-state index contributed by atoms with van der Waals surface area (Å²) in [6.07, 6.45) is -2.35. The van der Waals surface area contributed by atoms with Crippen LogP contribution in [0.15, 0.2) is 36.5 Å². The number of rotatable bonds is 6. The van der Waals surface area contributed by atoms with Gasteiger partial charge in [-0.25, -0.2) is 9.67 Å². The highest BCUT2D eigenvalue weighted by atomic mass is 35.5. The third-order valence-electron chi connectivity index (χ3n) is 5.08. The second-order valence-corrected chi connectivity index (χ2v) is 11.8. The number of hydrogen-bond donors (Lipinski definition) is 3. The fourth-order valence-electron chi connectivity index (χ4n) is 3.72. The quantitative estimate of drug-likeness (QED) is 0.378. The van der Waals surface area contributed by atoms with Crippen LogP contribution in [0.5, 0.6) is 0 Å². The maximum absolute atomic E-state index is 13.5. The van der Waals surface area contributed by atoms with Gasteiger partial charge in [0.05, 0.1) is 33.4 Å². The lowest BCUT2D eigenvalue weighted by Crippen LogP contribution is -2.47. The van der Waals surface area contributed by atoms with Gasteiger partial charge in [0, 0.05) is 33.6 Å². The molecule has 0 aliphatic rings. The normalized spacial score (nSPS) is 13.2. The molecule has 2 amide bonds. The minimum atomic E-state index is -4.89. The molecule has 2 heterocycles. The van der Waals surface area contributed by atoms with Gasteiger partial charge in [0.15, 0.2) is 11.5 Å². The number of alkyl halides is 3. The molecule has 2 aromatic heterocycles. The number of nitriles is 1. The first-order chi connectivity index (χ1) is 17.9. The van der Waals surface area contributed by atoms with E-state index in [2.05, 4.69) is 20.7 Å². The lowest BCUT2D eigenvalue weighted by Gasteiger charge is -2.24. The average molecular weight is 582 g/mol. The molecule has 1 unspecified atom stereocenters. The zero-order valence-electron chi connectivity index (χ0n) is 21.1. The molecule has 1 atom stereocenters. The van der Waals surface area contributed by atoms with Crippen molar-refractivity contribution in [1.29, 1.82) is 5.26 Å². The Hall–Kier alpha value is -3.93. The van der Waals surface area contributed by atoms with Crippen LogP contribution in [0.1, 0.15) is 51.5 Å². The predicted octanol–water partition coefficient (Wildman–Crippen LogP) is 3.47. The van der Waals surface area contributed by atoms with Crippen molar-refractivity contribution in [2.24, 2.45) is 5.14 Å². The minimum absolute atomic E-state index is 0.0658. The van der Waals surface area contributed by atoms with Gasteiger partial charge in [-0.15, -0.1) is 0 Å². The van der Waals surface area contributed by atoms with E-state index < -0.39 is 44.6 Å². The number of nitrogens with zero attached hydrogens (tertiary/aromatic N) is 4. The fourth-order valence-corrected chi connectivity index (χ4v) is 5.16. The van der Waals surface area contributed by atoms with Gasteiger partial charge in [-0.1, -0.05) is 11.6 Å². The number of nitrogens with one attached hydrogen (secondary N) is 2. The van der Waals surface area contributed by atoms with Crippen LogP contribution in [-0.4, -0.2) is 47.9 Å². The Bertz CT molecular complexity index is 1630. The molecule has 0 spiro atoms. The van der Waals surface area contributed by atoms with Crippen LogP contribution in [0, 0.1) is 18.3 Å². The zero-order chi connectivity index (χ0) is 29.3. The van der Waals surface area contributed by atoms with E-state index in [1.165, 1.54) is 62.9 Å². The molecule has 3 rings (SSSR count).